The van der Waals surface area contributed by atoms with Gasteiger partial charge in [0, 0.05) is 35.3 Å². The third-order valence-electron chi connectivity index (χ3n) is 7.08. The molecule has 3 fully saturated rings. The van der Waals surface area contributed by atoms with E-state index in [4.69, 9.17) is 9.84 Å². The first-order valence-electron chi connectivity index (χ1n) is 12.0. The zero-order valence-corrected chi connectivity index (χ0v) is 22.8. The summed E-state index contributed by atoms with van der Waals surface area (Å²) < 4.78 is 4.73. The molecule has 34 heavy (non-hydrogen) atoms. The molecule has 3 rings (SSSR count). The van der Waals surface area contributed by atoms with Gasteiger partial charge in [0.05, 0.1) is 16.6 Å². The Kier molecular flexibility index (Phi) is 8.62. The van der Waals surface area contributed by atoms with E-state index in [2.05, 4.69) is 29.1 Å². The van der Waals surface area contributed by atoms with E-state index in [1.165, 1.54) is 6.08 Å². The minimum Gasteiger partial charge on any atom is -0.461 e. The number of likely N-dealkylation sites (tertiary alicyclic amines) is 1. The number of thioether (sulfide) groups is 1. The summed E-state index contributed by atoms with van der Waals surface area (Å²) in [6.07, 6.45) is 5.97. The molecule has 3 aliphatic heterocycles. The average Bonchev–Trinajstić information content (AvgIpc) is 3.35. The number of hydrogen-bond donors (Lipinski definition) is 1. The molecule has 1 spiro atoms. The number of fused-ring (bicyclic) bond motifs is 1. The van der Waals surface area contributed by atoms with E-state index in [1.807, 2.05) is 20.8 Å². The Morgan fingerprint density at radius 2 is 2.00 bits per heavy atom. The van der Waals surface area contributed by atoms with Crippen molar-refractivity contribution in [3.63, 3.8) is 0 Å². The molecule has 0 saturated carbocycles. The highest BCUT2D eigenvalue weighted by Crippen LogP contribution is 2.68. The molecular weight excluding hydrogens is 520 g/mol. The predicted molar refractivity (Wildman–Crippen MR) is 138 cm³/mol. The van der Waals surface area contributed by atoms with Crippen LogP contribution in [0.3, 0.4) is 0 Å². The summed E-state index contributed by atoms with van der Waals surface area (Å²) in [5, 5.41) is 9.04. The normalized spacial score (nSPS) is 32.0. The zero-order valence-electron chi connectivity index (χ0n) is 20.4. The lowest BCUT2D eigenvalue weighted by atomic mass is 9.71. The van der Waals surface area contributed by atoms with Gasteiger partial charge in [-0.05, 0) is 46.5 Å². The average molecular weight is 558 g/mol. The Labute approximate surface area is 215 Å². The van der Waals surface area contributed by atoms with Crippen LogP contribution in [0.2, 0.25) is 0 Å². The molecule has 9 heteroatoms. The van der Waals surface area contributed by atoms with Gasteiger partial charge in [-0.15, -0.1) is 18.3 Å². The number of hydrogen-bond acceptors (Lipinski definition) is 6. The number of nitrogens with zero attached hydrogens (tertiary/aromatic N) is 2. The van der Waals surface area contributed by atoms with Crippen molar-refractivity contribution in [1.29, 1.82) is 0 Å². The Balaban J connectivity index is 2.03. The van der Waals surface area contributed by atoms with Gasteiger partial charge in [0.1, 0.15) is 12.6 Å². The molecule has 2 amide bonds. The molecule has 2 bridgehead atoms. The highest BCUT2D eigenvalue weighted by atomic mass is 79.9. The first kappa shape index (κ1) is 27.3. The fourth-order valence-corrected chi connectivity index (χ4v) is 9.29. The van der Waals surface area contributed by atoms with Crippen LogP contribution < -0.4 is 0 Å². The fourth-order valence-electron chi connectivity index (χ4n) is 5.70. The van der Waals surface area contributed by atoms with Crippen LogP contribution in [0.1, 0.15) is 46.5 Å². The number of rotatable bonds is 11. The molecule has 0 radical (unpaired) electrons. The summed E-state index contributed by atoms with van der Waals surface area (Å²) >= 11 is 5.37. The molecule has 6 atom stereocenters. The number of carbonyl (C=O) groups excluding carboxylic acids is 3. The van der Waals surface area contributed by atoms with Crippen LogP contribution in [0.15, 0.2) is 25.3 Å². The van der Waals surface area contributed by atoms with E-state index < -0.39 is 34.1 Å². The lowest BCUT2D eigenvalue weighted by Gasteiger charge is -2.42. The topological polar surface area (TPSA) is 87.1 Å². The van der Waals surface area contributed by atoms with Crippen molar-refractivity contribution in [1.82, 2.24) is 9.80 Å². The summed E-state index contributed by atoms with van der Waals surface area (Å²) in [5.41, 5.74) is -0.455. The maximum absolute atomic E-state index is 14.2. The molecule has 3 aliphatic rings. The van der Waals surface area contributed by atoms with Gasteiger partial charge in [-0.25, -0.2) is 0 Å². The fraction of sp³-hybridized carbons (Fsp3) is 0.720. The molecule has 0 aromatic heterocycles. The molecule has 1 N–H and O–H groups in total. The van der Waals surface area contributed by atoms with Gasteiger partial charge in [0.15, 0.2) is 0 Å². The van der Waals surface area contributed by atoms with Crippen molar-refractivity contribution >= 4 is 45.5 Å². The molecule has 0 aromatic rings. The number of carbonyl (C=O) groups is 3. The Morgan fingerprint density at radius 1 is 1.29 bits per heavy atom. The van der Waals surface area contributed by atoms with Gasteiger partial charge >= 0.3 is 5.97 Å². The SMILES string of the molecule is C=CCOC(=O)[C@H]1[C@H]2C(=O)N(CCCCCO)C(C(=O)N(CC=C)C(C)(C)C)C23CC(Br)[C@@H]1S3. The second-order valence-electron chi connectivity index (χ2n) is 10.3. The zero-order chi connectivity index (χ0) is 25.3. The van der Waals surface area contributed by atoms with Gasteiger partial charge in [0.2, 0.25) is 11.8 Å². The number of unbranched alkanes of at least 4 members (excludes halogenated alkanes) is 2. The molecule has 0 aromatic carbocycles. The maximum Gasteiger partial charge on any atom is 0.311 e. The second-order valence-corrected chi connectivity index (χ2v) is 13.0. The van der Waals surface area contributed by atoms with Crippen LogP contribution in [0.4, 0.5) is 0 Å². The van der Waals surface area contributed by atoms with Crippen LogP contribution in [-0.2, 0) is 19.1 Å². The Bertz CT molecular complexity index is 831. The maximum atomic E-state index is 14.2. The van der Waals surface area contributed by atoms with E-state index in [-0.39, 0.29) is 35.1 Å². The van der Waals surface area contributed by atoms with Crippen molar-refractivity contribution in [2.75, 3.05) is 26.3 Å². The lowest BCUT2D eigenvalue weighted by Crippen LogP contribution is -2.59. The van der Waals surface area contributed by atoms with Crippen LogP contribution in [0, 0.1) is 11.8 Å². The highest BCUT2D eigenvalue weighted by Gasteiger charge is 2.76. The molecule has 0 aliphatic carbocycles. The van der Waals surface area contributed by atoms with Crippen molar-refractivity contribution in [3.05, 3.63) is 25.3 Å². The van der Waals surface area contributed by atoms with E-state index in [1.54, 1.807) is 27.6 Å². The van der Waals surface area contributed by atoms with E-state index in [0.29, 0.717) is 32.4 Å². The number of aliphatic hydroxyl groups excluding tert-OH is 1. The van der Waals surface area contributed by atoms with E-state index in [9.17, 15) is 14.4 Å². The van der Waals surface area contributed by atoms with E-state index >= 15 is 0 Å². The quantitative estimate of drug-likeness (QED) is 0.182. The van der Waals surface area contributed by atoms with Gasteiger partial charge in [-0.2, -0.15) is 0 Å². The molecule has 3 unspecified atom stereocenters. The number of alkyl halides is 1. The van der Waals surface area contributed by atoms with Crippen LogP contribution in [0.25, 0.3) is 0 Å². The first-order valence-corrected chi connectivity index (χ1v) is 13.8. The largest absolute Gasteiger partial charge is 0.461 e. The molecule has 3 heterocycles. The first-order chi connectivity index (χ1) is 16.0. The lowest BCUT2D eigenvalue weighted by molar-refractivity contribution is -0.153. The van der Waals surface area contributed by atoms with Gasteiger partial charge in [-0.3, -0.25) is 14.4 Å². The summed E-state index contributed by atoms with van der Waals surface area (Å²) in [7, 11) is 0. The van der Waals surface area contributed by atoms with Crippen molar-refractivity contribution in [2.45, 2.75) is 72.9 Å². The monoisotopic (exact) mass is 556 g/mol. The Morgan fingerprint density at radius 3 is 2.59 bits per heavy atom. The van der Waals surface area contributed by atoms with Crippen molar-refractivity contribution in [3.8, 4) is 0 Å². The molecule has 7 nitrogen and oxygen atoms in total. The minimum atomic E-state index is -0.688. The second kappa shape index (κ2) is 10.7. The van der Waals surface area contributed by atoms with Gasteiger partial charge < -0.3 is 19.6 Å². The van der Waals surface area contributed by atoms with Crippen LogP contribution in [-0.4, -0.2) is 85.4 Å². The summed E-state index contributed by atoms with van der Waals surface area (Å²) in [5.74, 6) is -1.82. The van der Waals surface area contributed by atoms with Gasteiger partial charge in [0.25, 0.3) is 0 Å². The van der Waals surface area contributed by atoms with Gasteiger partial charge in [-0.1, -0.05) is 34.7 Å². The van der Waals surface area contributed by atoms with Crippen LogP contribution in [0.5, 0.6) is 0 Å². The van der Waals surface area contributed by atoms with Crippen LogP contribution >= 0.6 is 27.7 Å². The summed E-state index contributed by atoms with van der Waals surface area (Å²) in [6, 6.07) is -0.662. The number of halogens is 1. The molecule has 3 saturated heterocycles. The third-order valence-corrected chi connectivity index (χ3v) is 10.3. The Hall–Kier alpha value is -1.32. The third kappa shape index (κ3) is 4.72. The van der Waals surface area contributed by atoms with E-state index in [0.717, 1.165) is 6.42 Å². The minimum absolute atomic E-state index is 0.00922. The number of esters is 1. The number of amides is 2. The van der Waals surface area contributed by atoms with Crippen molar-refractivity contribution in [2.24, 2.45) is 11.8 Å². The predicted octanol–water partition coefficient (Wildman–Crippen LogP) is 3.16. The summed E-state index contributed by atoms with van der Waals surface area (Å²) in [4.78, 5) is 44.7. The standard InChI is InChI=1S/C25H37BrN2O5S/c1-6-11-28(24(3,4)5)22(31)20-25-15-16(26)19(34-25)17(23(32)33-14-7-2)18(25)21(30)27(20)12-9-8-10-13-29/h6-7,16-20,29H,1-2,8-15H2,3-5H3/t16?,17-,18-,19-,20?,25?/m0/s1. The number of aliphatic hydroxyl groups is 1. The number of ether oxygens (including phenoxy) is 1. The van der Waals surface area contributed by atoms with Crippen molar-refractivity contribution < 1.29 is 24.2 Å². The smallest absolute Gasteiger partial charge is 0.311 e. The molecular formula is C25H37BrN2O5S. The molecule has 190 valence electrons. The highest BCUT2D eigenvalue weighted by molar-refractivity contribution is 9.09. The summed E-state index contributed by atoms with van der Waals surface area (Å²) in [6.45, 7) is 14.4.